The van der Waals surface area contributed by atoms with Crippen molar-refractivity contribution in [2.24, 2.45) is 0 Å². The number of ether oxygens (including phenoxy) is 3. The molecule has 22 heavy (non-hydrogen) atoms. The lowest BCUT2D eigenvalue weighted by atomic mass is 10.1. The highest BCUT2D eigenvalue weighted by Crippen LogP contribution is 2.24. The van der Waals surface area contributed by atoms with Gasteiger partial charge in [-0.15, -0.1) is 0 Å². The second kappa shape index (κ2) is 6.80. The van der Waals surface area contributed by atoms with Gasteiger partial charge in [-0.1, -0.05) is 0 Å². The van der Waals surface area contributed by atoms with Gasteiger partial charge in [-0.25, -0.2) is 4.39 Å². The van der Waals surface area contributed by atoms with E-state index >= 15 is 0 Å². The number of carbonyl (C=O) groups is 1. The SMILES string of the molecule is COc1cc(OC)cc(C(=O)Nc2ccc(OC)c(F)c2)c1. The van der Waals surface area contributed by atoms with Gasteiger partial charge >= 0.3 is 0 Å². The van der Waals surface area contributed by atoms with E-state index in [-0.39, 0.29) is 5.75 Å². The Labute approximate surface area is 127 Å². The summed E-state index contributed by atoms with van der Waals surface area (Å²) in [6.07, 6.45) is 0. The standard InChI is InChI=1S/C16H16FNO4/c1-20-12-6-10(7-13(9-12)21-2)16(19)18-11-4-5-15(22-3)14(17)8-11/h4-9H,1-3H3,(H,18,19). The van der Waals surface area contributed by atoms with Gasteiger partial charge in [0.15, 0.2) is 11.6 Å². The Bertz CT molecular complexity index is 666. The number of nitrogens with one attached hydrogen (secondary N) is 1. The Morgan fingerprint density at radius 1 is 0.955 bits per heavy atom. The summed E-state index contributed by atoms with van der Waals surface area (Å²) >= 11 is 0. The van der Waals surface area contributed by atoms with Crippen LogP contribution in [-0.4, -0.2) is 27.2 Å². The van der Waals surface area contributed by atoms with Crippen LogP contribution < -0.4 is 19.5 Å². The molecule has 0 aromatic heterocycles. The fourth-order valence-corrected chi connectivity index (χ4v) is 1.89. The van der Waals surface area contributed by atoms with Crippen LogP contribution in [0.1, 0.15) is 10.4 Å². The van der Waals surface area contributed by atoms with Crippen molar-refractivity contribution in [3.63, 3.8) is 0 Å². The number of anilines is 1. The first-order valence-corrected chi connectivity index (χ1v) is 6.45. The van der Waals surface area contributed by atoms with Gasteiger partial charge in [-0.2, -0.15) is 0 Å². The second-order valence-electron chi connectivity index (χ2n) is 4.40. The Kier molecular flexibility index (Phi) is 4.83. The van der Waals surface area contributed by atoms with Crippen LogP contribution in [0.15, 0.2) is 36.4 Å². The van der Waals surface area contributed by atoms with Crippen molar-refractivity contribution in [1.29, 1.82) is 0 Å². The molecule has 0 aliphatic rings. The summed E-state index contributed by atoms with van der Waals surface area (Å²) in [7, 11) is 4.36. The highest BCUT2D eigenvalue weighted by Gasteiger charge is 2.11. The maximum Gasteiger partial charge on any atom is 0.255 e. The molecule has 0 heterocycles. The molecule has 0 saturated carbocycles. The van der Waals surface area contributed by atoms with Crippen LogP contribution in [0, 0.1) is 5.82 Å². The molecule has 0 bridgehead atoms. The van der Waals surface area contributed by atoms with E-state index in [0.29, 0.717) is 22.7 Å². The zero-order valence-electron chi connectivity index (χ0n) is 12.5. The number of rotatable bonds is 5. The number of amides is 1. The highest BCUT2D eigenvalue weighted by atomic mass is 19.1. The van der Waals surface area contributed by atoms with Crippen LogP contribution >= 0.6 is 0 Å². The fourth-order valence-electron chi connectivity index (χ4n) is 1.89. The first kappa shape index (κ1) is 15.6. The monoisotopic (exact) mass is 305 g/mol. The Morgan fingerprint density at radius 2 is 1.59 bits per heavy atom. The topological polar surface area (TPSA) is 56.8 Å². The molecule has 0 aliphatic heterocycles. The Balaban J connectivity index is 2.23. The smallest absolute Gasteiger partial charge is 0.255 e. The zero-order valence-corrected chi connectivity index (χ0v) is 12.5. The molecule has 1 amide bonds. The predicted molar refractivity (Wildman–Crippen MR) is 80.5 cm³/mol. The summed E-state index contributed by atoms with van der Waals surface area (Å²) in [5.41, 5.74) is 0.664. The van der Waals surface area contributed by atoms with Crippen molar-refractivity contribution >= 4 is 11.6 Å². The molecule has 5 nitrogen and oxygen atoms in total. The van der Waals surface area contributed by atoms with Gasteiger partial charge in [0.1, 0.15) is 11.5 Å². The van der Waals surface area contributed by atoms with Gasteiger partial charge in [0.05, 0.1) is 21.3 Å². The number of benzene rings is 2. The lowest BCUT2D eigenvalue weighted by Crippen LogP contribution is -2.12. The van der Waals surface area contributed by atoms with Crippen LogP contribution in [0.2, 0.25) is 0 Å². The molecule has 2 rings (SSSR count). The highest BCUT2D eigenvalue weighted by molar-refractivity contribution is 6.04. The van der Waals surface area contributed by atoms with E-state index in [1.54, 1.807) is 24.3 Å². The van der Waals surface area contributed by atoms with Crippen molar-refractivity contribution < 1.29 is 23.4 Å². The summed E-state index contributed by atoms with van der Waals surface area (Å²) < 4.78 is 28.7. The molecule has 116 valence electrons. The summed E-state index contributed by atoms with van der Waals surface area (Å²) in [5, 5.41) is 2.61. The van der Waals surface area contributed by atoms with E-state index < -0.39 is 11.7 Å². The molecular formula is C16H16FNO4. The lowest BCUT2D eigenvalue weighted by Gasteiger charge is -2.10. The van der Waals surface area contributed by atoms with E-state index in [2.05, 4.69) is 5.32 Å². The molecule has 6 heteroatoms. The molecule has 0 fully saturated rings. The molecule has 0 aliphatic carbocycles. The van der Waals surface area contributed by atoms with Gasteiger partial charge in [0.25, 0.3) is 5.91 Å². The van der Waals surface area contributed by atoms with E-state index in [9.17, 15) is 9.18 Å². The van der Waals surface area contributed by atoms with Crippen LogP contribution in [0.25, 0.3) is 0 Å². The average molecular weight is 305 g/mol. The molecule has 0 unspecified atom stereocenters. The van der Waals surface area contributed by atoms with E-state index in [4.69, 9.17) is 14.2 Å². The van der Waals surface area contributed by atoms with Crippen LogP contribution in [0.4, 0.5) is 10.1 Å². The molecular weight excluding hydrogens is 289 g/mol. The summed E-state index contributed by atoms with van der Waals surface area (Å²) in [6.45, 7) is 0. The van der Waals surface area contributed by atoms with E-state index in [1.165, 1.54) is 33.5 Å². The van der Waals surface area contributed by atoms with Gasteiger partial charge in [0, 0.05) is 23.4 Å². The minimum atomic E-state index is -0.552. The second-order valence-corrected chi connectivity index (χ2v) is 4.40. The lowest BCUT2D eigenvalue weighted by molar-refractivity contribution is 0.102. The van der Waals surface area contributed by atoms with Crippen LogP contribution in [-0.2, 0) is 0 Å². The fraction of sp³-hybridized carbons (Fsp3) is 0.188. The molecule has 2 aromatic carbocycles. The first-order chi connectivity index (χ1) is 10.6. The molecule has 0 atom stereocenters. The van der Waals surface area contributed by atoms with Gasteiger partial charge in [0.2, 0.25) is 0 Å². The van der Waals surface area contributed by atoms with Crippen molar-refractivity contribution in [1.82, 2.24) is 0 Å². The minimum absolute atomic E-state index is 0.112. The Hall–Kier alpha value is -2.76. The van der Waals surface area contributed by atoms with Crippen molar-refractivity contribution in [2.75, 3.05) is 26.6 Å². The number of hydrogen-bond acceptors (Lipinski definition) is 4. The number of carbonyl (C=O) groups excluding carboxylic acids is 1. The van der Waals surface area contributed by atoms with Crippen LogP contribution in [0.5, 0.6) is 17.2 Å². The molecule has 0 radical (unpaired) electrons. The quantitative estimate of drug-likeness (QED) is 0.922. The van der Waals surface area contributed by atoms with E-state index in [1.807, 2.05) is 0 Å². The molecule has 1 N–H and O–H groups in total. The van der Waals surface area contributed by atoms with E-state index in [0.717, 1.165) is 0 Å². The molecule has 0 spiro atoms. The van der Waals surface area contributed by atoms with Gasteiger partial charge < -0.3 is 19.5 Å². The summed E-state index contributed by atoms with van der Waals surface area (Å²) in [6, 6.07) is 8.97. The number of methoxy groups -OCH3 is 3. The zero-order chi connectivity index (χ0) is 16.1. The minimum Gasteiger partial charge on any atom is -0.497 e. The Morgan fingerprint density at radius 3 is 2.09 bits per heavy atom. The van der Waals surface area contributed by atoms with Crippen molar-refractivity contribution in [3.05, 3.63) is 47.8 Å². The van der Waals surface area contributed by atoms with Crippen molar-refractivity contribution in [2.45, 2.75) is 0 Å². The van der Waals surface area contributed by atoms with Crippen molar-refractivity contribution in [3.8, 4) is 17.2 Å². The predicted octanol–water partition coefficient (Wildman–Crippen LogP) is 3.10. The average Bonchev–Trinajstić information content (AvgIpc) is 2.54. The summed E-state index contributed by atoms with van der Waals surface area (Å²) in [5.74, 6) is 0.141. The van der Waals surface area contributed by atoms with Gasteiger partial charge in [-0.3, -0.25) is 4.79 Å². The van der Waals surface area contributed by atoms with Gasteiger partial charge in [-0.05, 0) is 24.3 Å². The van der Waals surface area contributed by atoms with Crippen LogP contribution in [0.3, 0.4) is 0 Å². The third-order valence-corrected chi connectivity index (χ3v) is 3.02. The summed E-state index contributed by atoms with van der Waals surface area (Å²) in [4.78, 5) is 12.2. The number of halogens is 1. The first-order valence-electron chi connectivity index (χ1n) is 6.45. The third kappa shape index (κ3) is 3.46. The molecule has 2 aromatic rings. The molecule has 0 saturated heterocycles. The maximum atomic E-state index is 13.6. The third-order valence-electron chi connectivity index (χ3n) is 3.02. The largest absolute Gasteiger partial charge is 0.497 e. The normalized spacial score (nSPS) is 10.0. The maximum absolute atomic E-state index is 13.6. The number of hydrogen-bond donors (Lipinski definition) is 1.